The van der Waals surface area contributed by atoms with Crippen LogP contribution in [0.1, 0.15) is 63.1 Å². The number of nitrogens with one attached hydrogen (secondary N) is 1. The molecule has 57 heavy (non-hydrogen) atoms. The van der Waals surface area contributed by atoms with Gasteiger partial charge in [0.1, 0.15) is 5.54 Å². The van der Waals surface area contributed by atoms with Crippen molar-refractivity contribution in [3.63, 3.8) is 0 Å². The van der Waals surface area contributed by atoms with Gasteiger partial charge in [-0.2, -0.15) is 18.4 Å². The topological polar surface area (TPSA) is 108 Å². The lowest BCUT2D eigenvalue weighted by Gasteiger charge is -2.39. The van der Waals surface area contributed by atoms with Crippen molar-refractivity contribution in [3.05, 3.63) is 84.1 Å². The number of imide groups is 1. The van der Waals surface area contributed by atoms with E-state index in [1.165, 1.54) is 6.07 Å². The minimum atomic E-state index is -4.77. The lowest BCUT2D eigenvalue weighted by molar-refractivity contribution is -0.137. The van der Waals surface area contributed by atoms with Crippen molar-refractivity contribution in [1.29, 1.82) is 5.26 Å². The Bertz CT molecular complexity index is 2290. The number of fused-ring (bicyclic) bond motifs is 1. The number of benzene rings is 3. The van der Waals surface area contributed by atoms with E-state index in [0.29, 0.717) is 24.2 Å². The Morgan fingerprint density at radius 2 is 1.56 bits per heavy atom. The lowest BCUT2D eigenvalue weighted by Crippen LogP contribution is -2.49. The van der Waals surface area contributed by atoms with Crippen LogP contribution in [0.4, 0.5) is 40.7 Å². The Morgan fingerprint density at radius 3 is 2.23 bits per heavy atom. The second-order valence-electron chi connectivity index (χ2n) is 15.8. The molecule has 0 unspecified atom stereocenters. The second kappa shape index (κ2) is 14.8. The largest absolute Gasteiger partial charge is 0.417 e. The number of thiocarbonyl (C=S) groups is 1. The van der Waals surface area contributed by atoms with Crippen LogP contribution in [0.15, 0.2) is 72.9 Å². The first kappa shape index (κ1) is 38.4. The van der Waals surface area contributed by atoms with E-state index in [1.807, 2.05) is 36.4 Å². The quantitative estimate of drug-likeness (QED) is 0.192. The van der Waals surface area contributed by atoms with Crippen molar-refractivity contribution in [2.24, 2.45) is 5.92 Å². The van der Waals surface area contributed by atoms with E-state index in [0.717, 1.165) is 97.7 Å². The minimum absolute atomic E-state index is 0.0362. The van der Waals surface area contributed by atoms with E-state index in [-0.39, 0.29) is 29.2 Å². The fraction of sp³-hybridized carbons (Fsp3) is 0.405. The number of amides is 4. The number of carbonyl (C=O) groups is 3. The maximum atomic E-state index is 13.8. The number of hydrogen-bond acceptors (Lipinski definition) is 7. The van der Waals surface area contributed by atoms with Crippen molar-refractivity contribution in [1.82, 2.24) is 14.8 Å². The monoisotopic (exact) mass is 796 g/mol. The molecule has 1 aromatic heterocycles. The van der Waals surface area contributed by atoms with Crippen molar-refractivity contribution in [2.75, 3.05) is 58.9 Å². The molecule has 0 radical (unpaired) electrons. The molecule has 5 heterocycles. The first-order valence-electron chi connectivity index (χ1n) is 19.3. The van der Waals surface area contributed by atoms with E-state index < -0.39 is 28.7 Å². The van der Waals surface area contributed by atoms with E-state index >= 15 is 0 Å². The van der Waals surface area contributed by atoms with Crippen molar-refractivity contribution >= 4 is 68.8 Å². The molecular weight excluding hydrogens is 754 g/mol. The molecule has 0 atom stereocenters. The highest BCUT2D eigenvalue weighted by atomic mass is 32.1. The Kier molecular flexibility index (Phi) is 9.98. The third-order valence-electron chi connectivity index (χ3n) is 12.0. The van der Waals surface area contributed by atoms with Gasteiger partial charge in [-0.3, -0.25) is 24.7 Å². The highest BCUT2D eigenvalue weighted by molar-refractivity contribution is 7.81. The molecule has 4 aromatic rings. The number of hydrogen-bond donors (Lipinski definition) is 1. The number of alkyl halides is 3. The zero-order chi connectivity index (χ0) is 40.2. The van der Waals surface area contributed by atoms with Gasteiger partial charge in [-0.25, -0.2) is 4.79 Å². The summed E-state index contributed by atoms with van der Waals surface area (Å²) in [7, 11) is 0. The second-order valence-corrected chi connectivity index (χ2v) is 16.2. The van der Waals surface area contributed by atoms with Gasteiger partial charge in [0.15, 0.2) is 5.11 Å². The summed E-state index contributed by atoms with van der Waals surface area (Å²) in [5.74, 6) is -0.110. The molecule has 4 aliphatic rings. The minimum Gasteiger partial charge on any atom is -0.372 e. The molecule has 0 bridgehead atoms. The Balaban J connectivity index is 0.857. The molecule has 0 spiro atoms. The molecule has 11 nitrogen and oxygen atoms in total. The number of carbonyl (C=O) groups excluding carboxylic acids is 3. The highest BCUT2D eigenvalue weighted by Crippen LogP contribution is 2.41. The van der Waals surface area contributed by atoms with E-state index in [4.69, 9.17) is 12.2 Å². The average Bonchev–Trinajstić information content (AvgIpc) is 3.70. The molecule has 4 fully saturated rings. The number of halogens is 3. The summed E-state index contributed by atoms with van der Waals surface area (Å²) in [5, 5.41) is 12.7. The molecule has 1 N–H and O–H groups in total. The molecule has 4 amide bonds. The zero-order valence-electron chi connectivity index (χ0n) is 31.8. The van der Waals surface area contributed by atoms with Crippen LogP contribution in [0.5, 0.6) is 0 Å². The SMILES string of the molecule is CC1(C)C(=O)N(c2ccc(C#N)c(C(F)(F)F)c2)C(=S)N1c1ccc(N2CCC(CN3CCC(n4ccc5c(N6CCC(=O)NC6=O)cccc54)CC3)CC2)cc1. The predicted octanol–water partition coefficient (Wildman–Crippen LogP) is 7.45. The summed E-state index contributed by atoms with van der Waals surface area (Å²) in [4.78, 5) is 47.3. The third kappa shape index (κ3) is 7.10. The van der Waals surface area contributed by atoms with E-state index in [9.17, 15) is 32.8 Å². The molecule has 0 saturated carbocycles. The molecule has 15 heteroatoms. The predicted molar refractivity (Wildman–Crippen MR) is 216 cm³/mol. The highest BCUT2D eigenvalue weighted by Gasteiger charge is 2.51. The first-order chi connectivity index (χ1) is 27.2. The summed E-state index contributed by atoms with van der Waals surface area (Å²) in [5.41, 5.74) is 0.815. The van der Waals surface area contributed by atoms with Gasteiger partial charge in [0.25, 0.3) is 5.91 Å². The van der Waals surface area contributed by atoms with Crippen LogP contribution in [0.25, 0.3) is 10.9 Å². The molecular formula is C42H43F3N8O3S. The Labute approximate surface area is 334 Å². The number of nitriles is 1. The van der Waals surface area contributed by atoms with Gasteiger partial charge in [0, 0.05) is 74.7 Å². The van der Waals surface area contributed by atoms with Crippen molar-refractivity contribution < 1.29 is 27.6 Å². The van der Waals surface area contributed by atoms with Crippen LogP contribution >= 0.6 is 12.2 Å². The maximum Gasteiger partial charge on any atom is 0.417 e. The fourth-order valence-electron chi connectivity index (χ4n) is 8.91. The summed E-state index contributed by atoms with van der Waals surface area (Å²) in [6.07, 6.45) is 1.87. The van der Waals surface area contributed by atoms with Gasteiger partial charge in [0.05, 0.1) is 34.1 Å². The van der Waals surface area contributed by atoms with Gasteiger partial charge >= 0.3 is 12.2 Å². The number of urea groups is 1. The number of rotatable bonds is 7. The molecule has 8 rings (SSSR count). The van der Waals surface area contributed by atoms with Crippen LogP contribution in [0, 0.1) is 17.2 Å². The number of aromatic nitrogens is 1. The van der Waals surface area contributed by atoms with Gasteiger partial charge < -0.3 is 19.3 Å². The maximum absolute atomic E-state index is 13.8. The van der Waals surface area contributed by atoms with Gasteiger partial charge in [-0.15, -0.1) is 0 Å². The summed E-state index contributed by atoms with van der Waals surface area (Å²) < 4.78 is 43.6. The molecule has 3 aromatic carbocycles. The summed E-state index contributed by atoms with van der Waals surface area (Å²) in [6, 6.07) is 20.7. The van der Waals surface area contributed by atoms with Gasteiger partial charge in [0.2, 0.25) is 5.91 Å². The van der Waals surface area contributed by atoms with Crippen LogP contribution in [0.2, 0.25) is 0 Å². The number of nitrogens with zero attached hydrogens (tertiary/aromatic N) is 7. The molecule has 4 saturated heterocycles. The van der Waals surface area contributed by atoms with Crippen LogP contribution in [0.3, 0.4) is 0 Å². The number of likely N-dealkylation sites (tertiary alicyclic amines) is 1. The Hall–Kier alpha value is -5.46. The van der Waals surface area contributed by atoms with Gasteiger partial charge in [-0.05, 0) is 118 Å². The van der Waals surface area contributed by atoms with Gasteiger partial charge in [-0.1, -0.05) is 6.07 Å². The summed E-state index contributed by atoms with van der Waals surface area (Å²) in [6.45, 7) is 8.70. The number of anilines is 4. The smallest absolute Gasteiger partial charge is 0.372 e. The number of piperidine rings is 2. The molecule has 4 aliphatic heterocycles. The fourth-order valence-corrected chi connectivity index (χ4v) is 9.43. The first-order valence-corrected chi connectivity index (χ1v) is 19.7. The third-order valence-corrected chi connectivity index (χ3v) is 12.4. The average molecular weight is 797 g/mol. The zero-order valence-corrected chi connectivity index (χ0v) is 32.6. The molecule has 296 valence electrons. The van der Waals surface area contributed by atoms with Crippen LogP contribution in [-0.2, 0) is 15.8 Å². The normalized spacial score (nSPS) is 20.1. The van der Waals surface area contributed by atoms with Crippen molar-refractivity contribution in [3.8, 4) is 6.07 Å². The van der Waals surface area contributed by atoms with Crippen molar-refractivity contribution in [2.45, 2.75) is 63.7 Å². The standard InChI is InChI=1S/C42H43F3N8O3S/c1-41(2)38(55)52(32-7-6-28(25-46)34(24-32)42(43,44)45)40(57)53(41)31-10-8-29(9-11-31)49-20-12-27(13-21-49)26-48-18-14-30(15-19-48)50-22-16-33-35(50)4-3-5-36(33)51-23-17-37(54)47-39(51)56/h3-11,16,22,24,27,30H,12-15,17-21,23,26H2,1-2H3,(H,47,54,56). The van der Waals surface area contributed by atoms with Crippen LogP contribution in [-0.4, -0.2) is 77.2 Å². The molecule has 0 aliphatic carbocycles. The van der Waals surface area contributed by atoms with E-state index in [2.05, 4.69) is 38.0 Å². The lowest BCUT2D eigenvalue weighted by atomic mass is 9.94. The van der Waals surface area contributed by atoms with E-state index in [1.54, 1.807) is 29.7 Å². The Morgan fingerprint density at radius 1 is 0.877 bits per heavy atom. The summed E-state index contributed by atoms with van der Waals surface area (Å²) >= 11 is 5.71. The van der Waals surface area contributed by atoms with Crippen LogP contribution < -0.4 is 24.9 Å².